The largest absolute Gasteiger partial charge is 0.376 e. The molecular weight excluding hydrogens is 350 g/mol. The lowest BCUT2D eigenvalue weighted by atomic mass is 10.1. The van der Waals surface area contributed by atoms with Crippen molar-refractivity contribution in [3.63, 3.8) is 0 Å². The quantitative estimate of drug-likeness (QED) is 0.709. The Labute approximate surface area is 154 Å². The lowest BCUT2D eigenvalue weighted by Crippen LogP contribution is -2.09. The maximum Gasteiger partial charge on any atom is 0.261 e. The summed E-state index contributed by atoms with van der Waals surface area (Å²) in [4.78, 5) is 17.8. The maximum absolute atomic E-state index is 12.4. The zero-order valence-corrected chi connectivity index (χ0v) is 15.0. The highest BCUT2D eigenvalue weighted by Crippen LogP contribution is 2.42. The van der Waals surface area contributed by atoms with Crippen molar-refractivity contribution >= 4 is 28.3 Å². The number of aromatic nitrogens is 2. The average molecular weight is 367 g/mol. The number of nitrogens with zero attached hydrogens (tertiary/aromatic N) is 2. The monoisotopic (exact) mass is 367 g/mol. The van der Waals surface area contributed by atoms with Crippen molar-refractivity contribution in [3.05, 3.63) is 58.2 Å². The van der Waals surface area contributed by atoms with E-state index >= 15 is 0 Å². The first-order valence-corrected chi connectivity index (χ1v) is 9.09. The van der Waals surface area contributed by atoms with Crippen molar-refractivity contribution in [1.29, 1.82) is 0 Å². The van der Waals surface area contributed by atoms with Crippen LogP contribution in [0.3, 0.4) is 0 Å². The third kappa shape index (κ3) is 3.44. The molecule has 3 heterocycles. The number of hydrogen-bond donors (Lipinski definition) is 1. The summed E-state index contributed by atoms with van der Waals surface area (Å²) in [5.74, 6) is 0.795. The molecule has 26 heavy (non-hydrogen) atoms. The number of aryl methyl sites for hydroxylation is 1. The fourth-order valence-corrected chi connectivity index (χ4v) is 4.02. The summed E-state index contributed by atoms with van der Waals surface area (Å²) >= 11 is 1.50. The standard InChI is InChI=1S/C19H17N3O3S/c1-12-20-18(25-22-12)17-14-9-10-24-11-15(14)26-19(17)21-16(23)8-7-13-5-3-2-4-6-13/h2-8H,9-11H2,1H3,(H,21,23)/b8-7+. The van der Waals surface area contributed by atoms with Crippen molar-refractivity contribution in [2.24, 2.45) is 0 Å². The Hall–Kier alpha value is -2.77. The first-order valence-electron chi connectivity index (χ1n) is 8.28. The van der Waals surface area contributed by atoms with Gasteiger partial charge in [0.25, 0.3) is 5.89 Å². The van der Waals surface area contributed by atoms with Crippen molar-refractivity contribution in [2.45, 2.75) is 20.0 Å². The molecule has 1 N–H and O–H groups in total. The zero-order valence-electron chi connectivity index (χ0n) is 14.2. The van der Waals surface area contributed by atoms with Gasteiger partial charge in [0.1, 0.15) is 5.00 Å². The Morgan fingerprint density at radius 2 is 2.15 bits per heavy atom. The van der Waals surface area contributed by atoms with Crippen LogP contribution in [-0.4, -0.2) is 22.7 Å². The molecular formula is C19H17N3O3S. The predicted molar refractivity (Wildman–Crippen MR) is 99.8 cm³/mol. The van der Waals surface area contributed by atoms with Crippen molar-refractivity contribution < 1.29 is 14.1 Å². The number of ether oxygens (including phenoxy) is 1. The van der Waals surface area contributed by atoms with Gasteiger partial charge in [0, 0.05) is 11.0 Å². The van der Waals surface area contributed by atoms with Crippen LogP contribution in [-0.2, 0) is 22.6 Å². The first-order chi connectivity index (χ1) is 12.7. The number of fused-ring (bicyclic) bond motifs is 1. The molecule has 1 aliphatic rings. The SMILES string of the molecule is Cc1noc(-c2c(NC(=O)/C=C/c3ccccc3)sc3c2CCOC3)n1. The molecule has 0 fully saturated rings. The van der Waals surface area contributed by atoms with Gasteiger partial charge in [-0.3, -0.25) is 4.79 Å². The van der Waals surface area contributed by atoms with E-state index in [0.717, 1.165) is 28.0 Å². The molecule has 132 valence electrons. The second kappa shape index (κ2) is 7.23. The number of carbonyl (C=O) groups is 1. The van der Waals surface area contributed by atoms with Gasteiger partial charge in [0.05, 0.1) is 18.8 Å². The van der Waals surface area contributed by atoms with Crippen LogP contribution >= 0.6 is 11.3 Å². The van der Waals surface area contributed by atoms with Crippen LogP contribution < -0.4 is 5.32 Å². The topological polar surface area (TPSA) is 77.2 Å². The van der Waals surface area contributed by atoms with Gasteiger partial charge in [-0.2, -0.15) is 4.98 Å². The Morgan fingerprint density at radius 3 is 2.92 bits per heavy atom. The van der Waals surface area contributed by atoms with Crippen molar-refractivity contribution in [1.82, 2.24) is 10.1 Å². The summed E-state index contributed by atoms with van der Waals surface area (Å²) < 4.78 is 10.9. The number of amides is 1. The van der Waals surface area contributed by atoms with E-state index in [9.17, 15) is 4.79 Å². The van der Waals surface area contributed by atoms with E-state index < -0.39 is 0 Å². The third-order valence-electron chi connectivity index (χ3n) is 4.03. The molecule has 7 heteroatoms. The smallest absolute Gasteiger partial charge is 0.261 e. The molecule has 2 aromatic heterocycles. The first kappa shape index (κ1) is 16.7. The van der Waals surface area contributed by atoms with Crippen LogP contribution in [0.15, 0.2) is 40.9 Å². The Balaban J connectivity index is 1.62. The molecule has 1 aromatic carbocycles. The van der Waals surface area contributed by atoms with Crippen LogP contribution in [0.25, 0.3) is 17.5 Å². The highest BCUT2D eigenvalue weighted by Gasteiger charge is 2.26. The number of hydrogen-bond acceptors (Lipinski definition) is 6. The lowest BCUT2D eigenvalue weighted by Gasteiger charge is -2.12. The molecule has 0 atom stereocenters. The van der Waals surface area contributed by atoms with E-state index in [2.05, 4.69) is 15.5 Å². The van der Waals surface area contributed by atoms with Crippen LogP contribution in [0, 0.1) is 6.92 Å². The molecule has 0 spiro atoms. The van der Waals surface area contributed by atoms with Gasteiger partial charge in [-0.1, -0.05) is 35.5 Å². The van der Waals surface area contributed by atoms with Gasteiger partial charge < -0.3 is 14.6 Å². The number of thiophene rings is 1. The van der Waals surface area contributed by atoms with E-state index in [4.69, 9.17) is 9.26 Å². The van der Waals surface area contributed by atoms with Gasteiger partial charge in [-0.05, 0) is 30.5 Å². The summed E-state index contributed by atoms with van der Waals surface area (Å²) in [6.07, 6.45) is 4.06. The molecule has 0 radical (unpaired) electrons. The summed E-state index contributed by atoms with van der Waals surface area (Å²) in [7, 11) is 0. The fourth-order valence-electron chi connectivity index (χ4n) is 2.83. The van der Waals surface area contributed by atoms with Crippen LogP contribution in [0.1, 0.15) is 21.8 Å². The normalized spacial score (nSPS) is 13.7. The Morgan fingerprint density at radius 1 is 1.31 bits per heavy atom. The number of rotatable bonds is 4. The molecule has 1 amide bonds. The van der Waals surface area contributed by atoms with Gasteiger partial charge in [-0.25, -0.2) is 0 Å². The molecule has 0 bridgehead atoms. The molecule has 0 aliphatic carbocycles. The van der Waals surface area contributed by atoms with Gasteiger partial charge in [0.15, 0.2) is 5.82 Å². The molecule has 6 nitrogen and oxygen atoms in total. The summed E-state index contributed by atoms with van der Waals surface area (Å²) in [6, 6.07) is 9.69. The number of nitrogens with one attached hydrogen (secondary N) is 1. The Bertz CT molecular complexity index is 960. The zero-order chi connectivity index (χ0) is 17.9. The number of carbonyl (C=O) groups excluding carboxylic acids is 1. The molecule has 0 saturated carbocycles. The highest BCUT2D eigenvalue weighted by molar-refractivity contribution is 7.17. The second-order valence-corrected chi connectivity index (χ2v) is 7.00. The van der Waals surface area contributed by atoms with E-state index in [1.165, 1.54) is 17.4 Å². The van der Waals surface area contributed by atoms with E-state index in [1.807, 2.05) is 30.3 Å². The second-order valence-electron chi connectivity index (χ2n) is 5.89. The number of benzene rings is 1. The molecule has 3 aromatic rings. The van der Waals surface area contributed by atoms with Crippen LogP contribution in [0.4, 0.5) is 5.00 Å². The van der Waals surface area contributed by atoms with E-state index in [-0.39, 0.29) is 5.91 Å². The van der Waals surface area contributed by atoms with Gasteiger partial charge >= 0.3 is 0 Å². The highest BCUT2D eigenvalue weighted by atomic mass is 32.1. The number of anilines is 1. The fraction of sp³-hybridized carbons (Fsp3) is 0.211. The summed E-state index contributed by atoms with van der Waals surface area (Å²) in [6.45, 7) is 2.96. The van der Waals surface area contributed by atoms with Crippen molar-refractivity contribution in [2.75, 3.05) is 11.9 Å². The minimum absolute atomic E-state index is 0.203. The van der Waals surface area contributed by atoms with Gasteiger partial charge in [0.2, 0.25) is 5.91 Å². The molecule has 0 saturated heterocycles. The van der Waals surface area contributed by atoms with Crippen molar-refractivity contribution in [3.8, 4) is 11.5 Å². The summed E-state index contributed by atoms with van der Waals surface area (Å²) in [5, 5.41) is 7.55. The minimum atomic E-state index is -0.203. The van der Waals surface area contributed by atoms with Crippen LogP contribution in [0.5, 0.6) is 0 Å². The average Bonchev–Trinajstić information content (AvgIpc) is 3.23. The third-order valence-corrected chi connectivity index (χ3v) is 5.15. The molecule has 1 aliphatic heterocycles. The molecule has 0 unspecified atom stereocenters. The van der Waals surface area contributed by atoms with Gasteiger partial charge in [-0.15, -0.1) is 11.3 Å². The lowest BCUT2D eigenvalue weighted by molar-refractivity contribution is -0.111. The minimum Gasteiger partial charge on any atom is -0.376 e. The molecule has 4 rings (SSSR count). The Kier molecular flexibility index (Phi) is 4.64. The summed E-state index contributed by atoms with van der Waals surface area (Å²) in [5.41, 5.74) is 2.90. The maximum atomic E-state index is 12.4. The van der Waals surface area contributed by atoms with E-state index in [0.29, 0.717) is 29.9 Å². The van der Waals surface area contributed by atoms with Crippen LogP contribution in [0.2, 0.25) is 0 Å². The van der Waals surface area contributed by atoms with E-state index in [1.54, 1.807) is 13.0 Å². The predicted octanol–water partition coefficient (Wildman–Crippen LogP) is 3.83.